The fourth-order valence-electron chi connectivity index (χ4n) is 11.9. The van der Waals surface area contributed by atoms with Crippen LogP contribution in [0, 0.1) is 45.3 Å². The van der Waals surface area contributed by atoms with Crippen molar-refractivity contribution in [3.63, 3.8) is 0 Å². The normalized spacial score (nSPS) is 41.2. The zero-order valence-corrected chi connectivity index (χ0v) is 29.4. The highest BCUT2D eigenvalue weighted by Crippen LogP contribution is 2.76. The summed E-state index contributed by atoms with van der Waals surface area (Å²) < 4.78 is 6.25. The Kier molecular flexibility index (Phi) is 9.21. The average Bonchev–Trinajstić information content (AvgIpc) is 3.32. The van der Waals surface area contributed by atoms with Gasteiger partial charge in [0.15, 0.2) is 0 Å². The predicted molar refractivity (Wildman–Crippen MR) is 179 cm³/mol. The van der Waals surface area contributed by atoms with Crippen molar-refractivity contribution >= 4 is 5.97 Å². The summed E-state index contributed by atoms with van der Waals surface area (Å²) in [5.41, 5.74) is 5.59. The third-order valence-electron chi connectivity index (χ3n) is 14.5. The van der Waals surface area contributed by atoms with E-state index < -0.39 is 23.3 Å². The van der Waals surface area contributed by atoms with E-state index in [1.807, 2.05) is 51.1 Å². The molecule has 4 saturated carbocycles. The van der Waals surface area contributed by atoms with Gasteiger partial charge in [-0.3, -0.25) is 4.79 Å². The lowest BCUT2D eigenvalue weighted by Gasteiger charge is -2.70. The predicted octanol–water partition coefficient (Wildman–Crippen LogP) is 6.82. The van der Waals surface area contributed by atoms with Crippen LogP contribution in [0.25, 0.3) is 0 Å². The van der Waals surface area contributed by atoms with E-state index in [4.69, 9.17) is 10.5 Å². The van der Waals surface area contributed by atoms with Crippen molar-refractivity contribution in [1.29, 1.82) is 0 Å². The maximum Gasteiger partial charge on any atom is 0.323 e. The number of rotatable bonds is 9. The summed E-state index contributed by atoms with van der Waals surface area (Å²) in [4.78, 5) is 13.2. The first-order valence-corrected chi connectivity index (χ1v) is 17.9. The summed E-state index contributed by atoms with van der Waals surface area (Å²) in [5.74, 6) is 0.530. The molecule has 5 rings (SSSR count). The maximum absolute atomic E-state index is 13.2. The van der Waals surface area contributed by atoms with Gasteiger partial charge in [0, 0.05) is 5.41 Å². The zero-order valence-electron chi connectivity index (χ0n) is 29.4. The summed E-state index contributed by atoms with van der Waals surface area (Å²) in [6.45, 7) is 17.6. The topological polar surface area (TPSA) is 113 Å². The smallest absolute Gasteiger partial charge is 0.323 e. The van der Waals surface area contributed by atoms with Crippen LogP contribution in [0.2, 0.25) is 0 Å². The van der Waals surface area contributed by atoms with E-state index in [0.29, 0.717) is 31.1 Å². The van der Waals surface area contributed by atoms with Crippen LogP contribution >= 0.6 is 0 Å². The summed E-state index contributed by atoms with van der Waals surface area (Å²) in [7, 11) is 0. The van der Waals surface area contributed by atoms with E-state index in [9.17, 15) is 20.1 Å². The molecule has 4 aliphatic rings. The molecule has 0 aliphatic heterocycles. The molecular weight excluding hydrogens is 562 g/mol. The monoisotopic (exact) mass is 625 g/mol. The first kappa shape index (κ1) is 34.9. The number of carbonyl (C=O) groups is 1. The molecule has 6 heteroatoms. The Morgan fingerprint density at radius 2 is 1.58 bits per heavy atom. The summed E-state index contributed by atoms with van der Waals surface area (Å²) in [6.07, 6.45) is 8.58. The third kappa shape index (κ3) is 6.04. The van der Waals surface area contributed by atoms with Crippen molar-refractivity contribution in [3.05, 3.63) is 35.9 Å². The quantitative estimate of drug-likeness (QED) is 0.224. The fraction of sp³-hybridized carbons (Fsp3) is 0.821. The van der Waals surface area contributed by atoms with Crippen LogP contribution in [0.5, 0.6) is 0 Å². The second kappa shape index (κ2) is 11.9. The molecule has 4 fully saturated rings. The molecule has 0 saturated heterocycles. The van der Waals surface area contributed by atoms with Gasteiger partial charge in [-0.15, -0.1) is 0 Å². The van der Waals surface area contributed by atoms with Crippen LogP contribution in [0.15, 0.2) is 30.3 Å². The van der Waals surface area contributed by atoms with Gasteiger partial charge in [-0.1, -0.05) is 65.0 Å². The number of aliphatic hydroxyl groups is 3. The Hall–Kier alpha value is -1.47. The minimum Gasteiger partial charge on any atom is -0.461 e. The van der Waals surface area contributed by atoms with Crippen molar-refractivity contribution in [2.24, 2.45) is 51.1 Å². The minimum absolute atomic E-state index is 0.0217. The largest absolute Gasteiger partial charge is 0.461 e. The molecule has 4 unspecified atom stereocenters. The van der Waals surface area contributed by atoms with Gasteiger partial charge in [0.1, 0.15) is 12.1 Å². The minimum atomic E-state index is -0.871. The molecule has 1 aromatic rings. The van der Waals surface area contributed by atoms with Crippen molar-refractivity contribution < 1.29 is 24.9 Å². The second-order valence-electron chi connectivity index (χ2n) is 18.1. The first-order valence-electron chi connectivity index (χ1n) is 17.9. The Bertz CT molecular complexity index is 1210. The highest BCUT2D eigenvalue weighted by atomic mass is 16.5. The van der Waals surface area contributed by atoms with Gasteiger partial charge in [-0.2, -0.15) is 0 Å². The number of fused-ring (bicyclic) bond motifs is 5. The Morgan fingerprint density at radius 3 is 2.22 bits per heavy atom. The van der Waals surface area contributed by atoms with Crippen LogP contribution in [0.3, 0.4) is 0 Å². The first-order chi connectivity index (χ1) is 20.8. The number of carbonyl (C=O) groups excluding carboxylic acids is 1. The van der Waals surface area contributed by atoms with Crippen molar-refractivity contribution in [1.82, 2.24) is 0 Å². The summed E-state index contributed by atoms with van der Waals surface area (Å²) in [5, 5.41) is 34.1. The zero-order chi connectivity index (χ0) is 33.2. The number of benzene rings is 1. The lowest BCUT2D eigenvalue weighted by molar-refractivity contribution is -0.249. The SMILES string of the molecule is CC(C)(O)CCC[C@@](C)(O)C1CC[C@]2(C)C1[C@H](O)CC1[C@@]3(C)CC[C@H](OC(=O)[C@H](N)Cc4ccccc4)C(C)(C)C3CC[C@]12C. The molecule has 5 N–H and O–H groups in total. The number of aliphatic hydroxyl groups excluding tert-OH is 1. The van der Waals surface area contributed by atoms with Gasteiger partial charge in [0.05, 0.1) is 17.3 Å². The van der Waals surface area contributed by atoms with Gasteiger partial charge in [-0.05, 0) is 137 Å². The molecule has 0 aromatic heterocycles. The van der Waals surface area contributed by atoms with Crippen LogP contribution in [0.1, 0.15) is 125 Å². The molecule has 254 valence electrons. The number of esters is 1. The Morgan fingerprint density at radius 1 is 0.933 bits per heavy atom. The maximum atomic E-state index is 13.2. The molecule has 11 atom stereocenters. The second-order valence-corrected chi connectivity index (χ2v) is 18.1. The van der Waals surface area contributed by atoms with Gasteiger partial charge >= 0.3 is 5.97 Å². The van der Waals surface area contributed by atoms with Crippen LogP contribution in [-0.4, -0.2) is 50.7 Å². The van der Waals surface area contributed by atoms with Crippen LogP contribution in [-0.2, 0) is 16.0 Å². The summed E-state index contributed by atoms with van der Waals surface area (Å²) in [6, 6.07) is 9.21. The fourth-order valence-corrected chi connectivity index (χ4v) is 11.9. The summed E-state index contributed by atoms with van der Waals surface area (Å²) >= 11 is 0. The Labute approximate surface area is 272 Å². The molecule has 0 bridgehead atoms. The van der Waals surface area contributed by atoms with Crippen LogP contribution < -0.4 is 5.73 Å². The highest BCUT2D eigenvalue weighted by Gasteiger charge is 2.71. The molecule has 0 spiro atoms. The van der Waals surface area contributed by atoms with E-state index in [-0.39, 0.29) is 45.6 Å². The molecular formula is C39H63NO5. The van der Waals surface area contributed by atoms with Gasteiger partial charge < -0.3 is 25.8 Å². The van der Waals surface area contributed by atoms with Crippen molar-refractivity contribution in [3.8, 4) is 0 Å². The molecule has 0 radical (unpaired) electrons. The Balaban J connectivity index is 1.33. The molecule has 0 heterocycles. The number of nitrogens with two attached hydrogens (primary N) is 1. The van der Waals surface area contributed by atoms with Crippen molar-refractivity contribution in [2.45, 2.75) is 155 Å². The number of hydrogen-bond acceptors (Lipinski definition) is 6. The molecule has 0 amide bonds. The lowest BCUT2D eigenvalue weighted by atomic mass is 9.35. The lowest BCUT2D eigenvalue weighted by Crippen LogP contribution is -2.66. The highest BCUT2D eigenvalue weighted by molar-refractivity contribution is 5.76. The molecule has 6 nitrogen and oxygen atoms in total. The molecule has 4 aliphatic carbocycles. The van der Waals surface area contributed by atoms with Crippen LogP contribution in [0.4, 0.5) is 0 Å². The van der Waals surface area contributed by atoms with E-state index in [2.05, 4.69) is 34.6 Å². The van der Waals surface area contributed by atoms with E-state index >= 15 is 0 Å². The molecule has 45 heavy (non-hydrogen) atoms. The van der Waals surface area contributed by atoms with Gasteiger partial charge in [0.25, 0.3) is 0 Å². The standard InChI is InChI=1S/C39H63NO5/c1-34(2,43)18-12-19-39(8,44)26-15-21-38(7)32(26)28(41)24-30-36(5)20-17-31(35(3,4)29(36)16-22-37(30,38)6)45-33(42)27(40)23-25-13-10-9-11-14-25/h9-11,13-14,26-32,41,43-44H,12,15-24,40H2,1-8H3/t26?,27-,28-,29?,30?,31+,32?,36+,37-,38-,39-/m1/s1. The number of ether oxygens (including phenoxy) is 1. The van der Waals surface area contributed by atoms with Crippen molar-refractivity contribution in [2.75, 3.05) is 0 Å². The van der Waals surface area contributed by atoms with E-state index in [0.717, 1.165) is 56.9 Å². The van der Waals surface area contributed by atoms with E-state index in [1.165, 1.54) is 0 Å². The molecule has 1 aromatic carbocycles. The van der Waals surface area contributed by atoms with Gasteiger partial charge in [0.2, 0.25) is 0 Å². The third-order valence-corrected chi connectivity index (χ3v) is 14.5. The van der Waals surface area contributed by atoms with Gasteiger partial charge in [-0.25, -0.2) is 0 Å². The average molecular weight is 626 g/mol. The van der Waals surface area contributed by atoms with E-state index in [1.54, 1.807) is 0 Å². The number of hydrogen-bond donors (Lipinski definition) is 4.